The average Bonchev–Trinajstić information content (AvgIpc) is 2.31. The number of amides is 1. The van der Waals surface area contributed by atoms with Crippen LogP contribution in [0.3, 0.4) is 0 Å². The first kappa shape index (κ1) is 15.5. The summed E-state index contributed by atoms with van der Waals surface area (Å²) in [4.78, 5) is 11.9. The first-order valence-corrected chi connectivity index (χ1v) is 7.05. The Kier molecular flexibility index (Phi) is 5.62. The minimum absolute atomic E-state index is 0.0844. The monoisotopic (exact) mass is 378 g/mol. The summed E-state index contributed by atoms with van der Waals surface area (Å²) < 4.78 is 6.75. The first-order chi connectivity index (χ1) is 8.36. The Hall–Kier alpha value is -0.590. The predicted molar refractivity (Wildman–Crippen MR) is 79.8 cm³/mol. The zero-order chi connectivity index (χ0) is 13.9. The summed E-state index contributed by atoms with van der Waals surface area (Å²) in [5.41, 5.74) is 6.43. The molecule has 0 aromatic heterocycles. The van der Waals surface area contributed by atoms with Crippen LogP contribution in [0.2, 0.25) is 0 Å². The SMILES string of the molecule is COc1cc(NC(=O)[C@H](N)C(C)C)c(Br)cc1Br. The highest BCUT2D eigenvalue weighted by molar-refractivity contribution is 9.11. The number of hydrogen-bond acceptors (Lipinski definition) is 3. The number of halogens is 2. The Morgan fingerprint density at radius 2 is 1.94 bits per heavy atom. The van der Waals surface area contributed by atoms with Crippen LogP contribution in [0.5, 0.6) is 5.75 Å². The second-order valence-electron chi connectivity index (χ2n) is 4.23. The molecular formula is C12H16Br2N2O2. The molecule has 1 aromatic carbocycles. The van der Waals surface area contributed by atoms with Crippen molar-refractivity contribution in [2.75, 3.05) is 12.4 Å². The fourth-order valence-electron chi connectivity index (χ4n) is 1.30. The lowest BCUT2D eigenvalue weighted by molar-refractivity contribution is -0.118. The van der Waals surface area contributed by atoms with Gasteiger partial charge >= 0.3 is 0 Å². The van der Waals surface area contributed by atoms with Gasteiger partial charge in [-0.25, -0.2) is 0 Å². The van der Waals surface area contributed by atoms with E-state index in [1.807, 2.05) is 19.9 Å². The molecule has 0 aliphatic carbocycles. The van der Waals surface area contributed by atoms with Crippen molar-refractivity contribution in [3.05, 3.63) is 21.1 Å². The van der Waals surface area contributed by atoms with E-state index in [0.717, 1.165) is 8.95 Å². The number of benzene rings is 1. The van der Waals surface area contributed by atoms with Crippen molar-refractivity contribution in [1.29, 1.82) is 0 Å². The number of carbonyl (C=O) groups excluding carboxylic acids is 1. The maximum Gasteiger partial charge on any atom is 0.241 e. The fraction of sp³-hybridized carbons (Fsp3) is 0.417. The van der Waals surface area contributed by atoms with Gasteiger partial charge < -0.3 is 15.8 Å². The molecule has 18 heavy (non-hydrogen) atoms. The van der Waals surface area contributed by atoms with Gasteiger partial charge in [-0.1, -0.05) is 13.8 Å². The fourth-order valence-corrected chi connectivity index (χ4v) is 2.56. The molecule has 0 spiro atoms. The van der Waals surface area contributed by atoms with Gasteiger partial charge in [-0.2, -0.15) is 0 Å². The molecule has 1 rings (SSSR count). The molecule has 100 valence electrons. The highest BCUT2D eigenvalue weighted by Crippen LogP contribution is 2.34. The minimum Gasteiger partial charge on any atom is -0.495 e. The van der Waals surface area contributed by atoms with Gasteiger partial charge in [-0.05, 0) is 43.8 Å². The molecule has 0 aliphatic heterocycles. The molecule has 0 aliphatic rings. The summed E-state index contributed by atoms with van der Waals surface area (Å²) in [6.07, 6.45) is 0. The van der Waals surface area contributed by atoms with E-state index in [4.69, 9.17) is 10.5 Å². The van der Waals surface area contributed by atoms with E-state index >= 15 is 0 Å². The van der Waals surface area contributed by atoms with Crippen molar-refractivity contribution < 1.29 is 9.53 Å². The van der Waals surface area contributed by atoms with Crippen molar-refractivity contribution in [3.8, 4) is 5.75 Å². The van der Waals surface area contributed by atoms with Gasteiger partial charge in [0.05, 0.1) is 23.3 Å². The minimum atomic E-state index is -0.536. The van der Waals surface area contributed by atoms with E-state index in [0.29, 0.717) is 11.4 Å². The van der Waals surface area contributed by atoms with Gasteiger partial charge in [0.1, 0.15) is 5.75 Å². The summed E-state index contributed by atoms with van der Waals surface area (Å²) in [6, 6.07) is 3.01. The number of anilines is 1. The van der Waals surface area contributed by atoms with E-state index in [2.05, 4.69) is 37.2 Å². The molecule has 0 fully saturated rings. The number of carbonyl (C=O) groups is 1. The molecule has 0 saturated carbocycles. The Bertz CT molecular complexity index is 450. The van der Waals surface area contributed by atoms with Crippen molar-refractivity contribution in [2.24, 2.45) is 11.7 Å². The van der Waals surface area contributed by atoms with Gasteiger partial charge in [0.15, 0.2) is 0 Å². The highest BCUT2D eigenvalue weighted by atomic mass is 79.9. The molecule has 0 bridgehead atoms. The maximum absolute atomic E-state index is 11.9. The van der Waals surface area contributed by atoms with Crippen molar-refractivity contribution in [2.45, 2.75) is 19.9 Å². The molecule has 3 N–H and O–H groups in total. The van der Waals surface area contributed by atoms with Crippen molar-refractivity contribution in [3.63, 3.8) is 0 Å². The summed E-state index contributed by atoms with van der Waals surface area (Å²) >= 11 is 6.75. The Balaban J connectivity index is 2.94. The first-order valence-electron chi connectivity index (χ1n) is 5.46. The van der Waals surface area contributed by atoms with Crippen molar-refractivity contribution >= 4 is 43.5 Å². The summed E-state index contributed by atoms with van der Waals surface area (Å²) in [7, 11) is 1.57. The van der Waals surface area contributed by atoms with Gasteiger partial charge in [-0.15, -0.1) is 0 Å². The molecule has 0 radical (unpaired) electrons. The number of methoxy groups -OCH3 is 1. The normalized spacial score (nSPS) is 12.4. The second-order valence-corrected chi connectivity index (χ2v) is 5.93. The van der Waals surface area contributed by atoms with Crippen LogP contribution in [0, 0.1) is 5.92 Å². The van der Waals surface area contributed by atoms with Gasteiger partial charge in [0, 0.05) is 10.5 Å². The lowest BCUT2D eigenvalue weighted by Gasteiger charge is -2.17. The molecule has 0 heterocycles. The topological polar surface area (TPSA) is 64.3 Å². The van der Waals surface area contributed by atoms with E-state index in [-0.39, 0.29) is 11.8 Å². The van der Waals surface area contributed by atoms with E-state index in [1.165, 1.54) is 0 Å². The van der Waals surface area contributed by atoms with Gasteiger partial charge in [-0.3, -0.25) is 4.79 Å². The third-order valence-electron chi connectivity index (χ3n) is 2.52. The lowest BCUT2D eigenvalue weighted by Crippen LogP contribution is -2.39. The number of rotatable bonds is 4. The molecule has 0 saturated heterocycles. The van der Waals surface area contributed by atoms with E-state index in [9.17, 15) is 4.79 Å². The van der Waals surface area contributed by atoms with Crippen LogP contribution in [0.25, 0.3) is 0 Å². The molecular weight excluding hydrogens is 364 g/mol. The van der Waals surface area contributed by atoms with Crippen LogP contribution in [0.4, 0.5) is 5.69 Å². The molecule has 1 atom stereocenters. The standard InChI is InChI=1S/C12H16Br2N2O2/c1-6(2)11(15)12(17)16-9-5-10(18-3)8(14)4-7(9)13/h4-6,11H,15H2,1-3H3,(H,16,17)/t11-/m1/s1. The van der Waals surface area contributed by atoms with Crippen LogP contribution in [0.15, 0.2) is 21.1 Å². The van der Waals surface area contributed by atoms with E-state index < -0.39 is 6.04 Å². The molecule has 6 heteroatoms. The maximum atomic E-state index is 11.9. The smallest absolute Gasteiger partial charge is 0.241 e. The summed E-state index contributed by atoms with van der Waals surface area (Å²) in [5, 5.41) is 2.78. The van der Waals surface area contributed by atoms with Crippen molar-refractivity contribution in [1.82, 2.24) is 0 Å². The third-order valence-corrected chi connectivity index (χ3v) is 3.80. The lowest BCUT2D eigenvalue weighted by atomic mass is 10.0. The van der Waals surface area contributed by atoms with Crippen LogP contribution >= 0.6 is 31.9 Å². The molecule has 0 unspecified atom stereocenters. The Labute approximate surface area is 124 Å². The highest BCUT2D eigenvalue weighted by Gasteiger charge is 2.18. The number of nitrogens with one attached hydrogen (secondary N) is 1. The molecule has 1 aromatic rings. The zero-order valence-corrected chi connectivity index (χ0v) is 13.6. The van der Waals surface area contributed by atoms with E-state index in [1.54, 1.807) is 13.2 Å². The van der Waals surface area contributed by atoms with Gasteiger partial charge in [0.25, 0.3) is 0 Å². The zero-order valence-electron chi connectivity index (χ0n) is 10.5. The van der Waals surface area contributed by atoms with Gasteiger partial charge in [0.2, 0.25) is 5.91 Å². The molecule has 1 amide bonds. The average molecular weight is 380 g/mol. The Morgan fingerprint density at radius 3 is 2.44 bits per heavy atom. The second kappa shape index (κ2) is 6.54. The number of nitrogens with two attached hydrogens (primary N) is 1. The largest absolute Gasteiger partial charge is 0.495 e. The quantitative estimate of drug-likeness (QED) is 0.844. The molecule has 4 nitrogen and oxygen atoms in total. The van der Waals surface area contributed by atoms with Crippen LogP contribution in [-0.2, 0) is 4.79 Å². The summed E-state index contributed by atoms with van der Waals surface area (Å²) in [5.74, 6) is 0.516. The Morgan fingerprint density at radius 1 is 1.33 bits per heavy atom. The predicted octanol–water partition coefficient (Wildman–Crippen LogP) is 3.14. The number of hydrogen-bond donors (Lipinski definition) is 2. The van der Waals surface area contributed by atoms with Crippen LogP contribution < -0.4 is 15.8 Å². The van der Waals surface area contributed by atoms with Crippen LogP contribution in [-0.4, -0.2) is 19.1 Å². The number of ether oxygens (including phenoxy) is 1. The summed E-state index contributed by atoms with van der Waals surface area (Å²) in [6.45, 7) is 3.81. The van der Waals surface area contributed by atoms with Crippen LogP contribution in [0.1, 0.15) is 13.8 Å². The third kappa shape index (κ3) is 3.70.